The van der Waals surface area contributed by atoms with E-state index in [0.717, 1.165) is 50.6 Å². The summed E-state index contributed by atoms with van der Waals surface area (Å²) >= 11 is 0. The summed E-state index contributed by atoms with van der Waals surface area (Å²) in [6.45, 7) is 4.59. The van der Waals surface area contributed by atoms with Gasteiger partial charge in [0.1, 0.15) is 11.5 Å². The second kappa shape index (κ2) is 9.46. The molecule has 33 heavy (non-hydrogen) atoms. The molecule has 2 heterocycles. The van der Waals surface area contributed by atoms with Crippen molar-refractivity contribution in [2.75, 3.05) is 39.3 Å². The zero-order valence-electron chi connectivity index (χ0n) is 18.5. The van der Waals surface area contributed by atoms with Crippen LogP contribution in [0.5, 0.6) is 11.5 Å². The van der Waals surface area contributed by atoms with Crippen LogP contribution in [0.4, 0.5) is 0 Å². The lowest BCUT2D eigenvalue weighted by atomic mass is 10.0. The van der Waals surface area contributed by atoms with Crippen molar-refractivity contribution >= 4 is 11.8 Å². The SMILES string of the molecule is O=C(c1ccccc1)N1CCN(C2CN(C(=O)c3ccc(Oc4ccccc4)cc3)C2)CC1. The van der Waals surface area contributed by atoms with Crippen molar-refractivity contribution in [2.45, 2.75) is 6.04 Å². The van der Waals surface area contributed by atoms with Gasteiger partial charge in [-0.15, -0.1) is 0 Å². The van der Waals surface area contributed by atoms with E-state index >= 15 is 0 Å². The van der Waals surface area contributed by atoms with Crippen molar-refractivity contribution < 1.29 is 14.3 Å². The van der Waals surface area contributed by atoms with Crippen LogP contribution in [0.15, 0.2) is 84.9 Å². The third-order valence-corrected chi connectivity index (χ3v) is 6.37. The maximum atomic E-state index is 12.8. The molecule has 6 nitrogen and oxygen atoms in total. The standard InChI is InChI=1S/C27H27N3O3/c31-26(21-7-3-1-4-8-21)29-17-15-28(16-18-29)23-19-30(20-23)27(32)22-11-13-25(14-12-22)33-24-9-5-2-6-10-24/h1-14,23H,15-20H2. The number of hydrogen-bond acceptors (Lipinski definition) is 4. The average Bonchev–Trinajstić information content (AvgIpc) is 2.85. The van der Waals surface area contributed by atoms with Gasteiger partial charge < -0.3 is 14.5 Å². The molecule has 0 atom stereocenters. The Morgan fingerprint density at radius 1 is 0.606 bits per heavy atom. The summed E-state index contributed by atoms with van der Waals surface area (Å²) in [4.78, 5) is 31.7. The van der Waals surface area contributed by atoms with E-state index in [9.17, 15) is 9.59 Å². The zero-order valence-corrected chi connectivity index (χ0v) is 18.5. The molecular formula is C27H27N3O3. The number of benzene rings is 3. The summed E-state index contributed by atoms with van der Waals surface area (Å²) in [5.74, 6) is 1.63. The van der Waals surface area contributed by atoms with E-state index in [1.54, 1.807) is 0 Å². The molecular weight excluding hydrogens is 414 g/mol. The Kier molecular flexibility index (Phi) is 6.09. The maximum Gasteiger partial charge on any atom is 0.253 e. The van der Waals surface area contributed by atoms with Gasteiger partial charge in [-0.25, -0.2) is 0 Å². The molecule has 0 saturated carbocycles. The Morgan fingerprint density at radius 3 is 1.76 bits per heavy atom. The first-order valence-electron chi connectivity index (χ1n) is 11.4. The van der Waals surface area contributed by atoms with Crippen molar-refractivity contribution in [1.82, 2.24) is 14.7 Å². The van der Waals surface area contributed by atoms with E-state index in [1.807, 2.05) is 94.7 Å². The summed E-state index contributed by atoms with van der Waals surface area (Å²) in [6.07, 6.45) is 0. The lowest BCUT2D eigenvalue weighted by Crippen LogP contribution is -2.64. The van der Waals surface area contributed by atoms with Crippen LogP contribution in [0.3, 0.4) is 0 Å². The van der Waals surface area contributed by atoms with Crippen molar-refractivity contribution in [1.29, 1.82) is 0 Å². The molecule has 2 fully saturated rings. The Hall–Kier alpha value is -3.64. The molecule has 0 unspecified atom stereocenters. The molecule has 2 amide bonds. The molecule has 0 radical (unpaired) electrons. The molecule has 0 aromatic heterocycles. The van der Waals surface area contributed by atoms with E-state index in [0.29, 0.717) is 17.4 Å². The molecule has 0 bridgehead atoms. The first kappa shape index (κ1) is 21.2. The topological polar surface area (TPSA) is 53.1 Å². The Bertz CT molecular complexity index is 1090. The molecule has 3 aromatic rings. The summed E-state index contributed by atoms with van der Waals surface area (Å²) < 4.78 is 5.80. The number of hydrogen-bond donors (Lipinski definition) is 0. The first-order valence-corrected chi connectivity index (χ1v) is 11.4. The summed E-state index contributed by atoms with van der Waals surface area (Å²) in [6, 6.07) is 26.7. The number of piperazine rings is 1. The highest BCUT2D eigenvalue weighted by Crippen LogP contribution is 2.24. The maximum absolute atomic E-state index is 12.8. The largest absolute Gasteiger partial charge is 0.457 e. The monoisotopic (exact) mass is 441 g/mol. The van der Waals surface area contributed by atoms with Gasteiger partial charge in [0.25, 0.3) is 11.8 Å². The fraction of sp³-hybridized carbons (Fsp3) is 0.259. The fourth-order valence-corrected chi connectivity index (χ4v) is 4.38. The highest BCUT2D eigenvalue weighted by Gasteiger charge is 2.37. The van der Waals surface area contributed by atoms with Crippen LogP contribution in [0.1, 0.15) is 20.7 Å². The van der Waals surface area contributed by atoms with Gasteiger partial charge in [-0.05, 0) is 48.5 Å². The smallest absolute Gasteiger partial charge is 0.253 e. The molecule has 6 heteroatoms. The normalized spacial score (nSPS) is 16.8. The summed E-state index contributed by atoms with van der Waals surface area (Å²) in [5.41, 5.74) is 1.42. The van der Waals surface area contributed by atoms with Gasteiger partial charge in [0.2, 0.25) is 0 Å². The van der Waals surface area contributed by atoms with Gasteiger partial charge in [-0.3, -0.25) is 14.5 Å². The zero-order chi connectivity index (χ0) is 22.6. The molecule has 0 aliphatic carbocycles. The number of carbonyl (C=O) groups is 2. The van der Waals surface area contributed by atoms with Crippen LogP contribution in [0.2, 0.25) is 0 Å². The highest BCUT2D eigenvalue weighted by atomic mass is 16.5. The van der Waals surface area contributed by atoms with E-state index in [4.69, 9.17) is 4.74 Å². The number of amides is 2. The minimum Gasteiger partial charge on any atom is -0.457 e. The molecule has 5 rings (SSSR count). The van der Waals surface area contributed by atoms with E-state index in [-0.39, 0.29) is 11.8 Å². The van der Waals surface area contributed by atoms with E-state index in [2.05, 4.69) is 4.90 Å². The van der Waals surface area contributed by atoms with Crippen molar-refractivity contribution in [3.05, 3.63) is 96.1 Å². The van der Waals surface area contributed by atoms with Crippen molar-refractivity contribution in [3.8, 4) is 11.5 Å². The molecule has 2 aliphatic heterocycles. The second-order valence-corrected chi connectivity index (χ2v) is 8.50. The Morgan fingerprint density at radius 2 is 1.12 bits per heavy atom. The van der Waals surface area contributed by atoms with Gasteiger partial charge in [0.05, 0.1) is 0 Å². The number of para-hydroxylation sites is 1. The van der Waals surface area contributed by atoms with Gasteiger partial charge >= 0.3 is 0 Å². The summed E-state index contributed by atoms with van der Waals surface area (Å²) in [5, 5.41) is 0. The van der Waals surface area contributed by atoms with Gasteiger partial charge in [0.15, 0.2) is 0 Å². The van der Waals surface area contributed by atoms with Gasteiger partial charge in [-0.2, -0.15) is 0 Å². The van der Waals surface area contributed by atoms with Gasteiger partial charge in [0, 0.05) is 56.4 Å². The minimum atomic E-state index is 0.0513. The molecule has 0 spiro atoms. The van der Waals surface area contributed by atoms with Crippen molar-refractivity contribution in [2.24, 2.45) is 0 Å². The van der Waals surface area contributed by atoms with E-state index < -0.39 is 0 Å². The number of nitrogens with zero attached hydrogens (tertiary/aromatic N) is 3. The van der Waals surface area contributed by atoms with Crippen LogP contribution < -0.4 is 4.74 Å². The first-order chi connectivity index (χ1) is 16.2. The molecule has 0 N–H and O–H groups in total. The quantitative estimate of drug-likeness (QED) is 0.605. The van der Waals surface area contributed by atoms with Crippen LogP contribution in [-0.4, -0.2) is 71.8 Å². The second-order valence-electron chi connectivity index (χ2n) is 8.50. The molecule has 168 valence electrons. The third-order valence-electron chi connectivity index (χ3n) is 6.37. The summed E-state index contributed by atoms with van der Waals surface area (Å²) in [7, 11) is 0. The number of carbonyl (C=O) groups excluding carboxylic acids is 2. The number of rotatable bonds is 5. The predicted octanol–water partition coefficient (Wildman–Crippen LogP) is 3.76. The highest BCUT2D eigenvalue weighted by molar-refractivity contribution is 5.95. The fourth-order valence-electron chi connectivity index (χ4n) is 4.38. The van der Waals surface area contributed by atoms with Crippen LogP contribution in [0.25, 0.3) is 0 Å². The van der Waals surface area contributed by atoms with Crippen LogP contribution >= 0.6 is 0 Å². The number of ether oxygens (including phenoxy) is 1. The predicted molar refractivity (Wildman–Crippen MR) is 127 cm³/mol. The Labute approximate surface area is 194 Å². The Balaban J connectivity index is 1.09. The molecule has 3 aromatic carbocycles. The average molecular weight is 442 g/mol. The van der Waals surface area contributed by atoms with Crippen molar-refractivity contribution in [3.63, 3.8) is 0 Å². The number of likely N-dealkylation sites (tertiary alicyclic amines) is 1. The van der Waals surface area contributed by atoms with Crippen LogP contribution in [-0.2, 0) is 0 Å². The molecule has 2 saturated heterocycles. The minimum absolute atomic E-state index is 0.0513. The van der Waals surface area contributed by atoms with Gasteiger partial charge in [-0.1, -0.05) is 36.4 Å². The third kappa shape index (κ3) is 4.76. The lowest BCUT2D eigenvalue weighted by Gasteiger charge is -2.48. The van der Waals surface area contributed by atoms with Crippen LogP contribution in [0, 0.1) is 0 Å². The lowest BCUT2D eigenvalue weighted by molar-refractivity contribution is 0.00854. The molecule has 2 aliphatic rings. The van der Waals surface area contributed by atoms with E-state index in [1.165, 1.54) is 0 Å².